The van der Waals surface area contributed by atoms with Gasteiger partial charge >= 0.3 is 0 Å². The van der Waals surface area contributed by atoms with Gasteiger partial charge in [0.05, 0.1) is 16.0 Å². The summed E-state index contributed by atoms with van der Waals surface area (Å²) in [5.74, 6) is -0.142. The van der Waals surface area contributed by atoms with Gasteiger partial charge in [0.2, 0.25) is 5.91 Å². The first-order valence-corrected chi connectivity index (χ1v) is 5.91. The number of ether oxygens (including phenoxy) is 1. The monoisotopic (exact) mass is 244 g/mol. The zero-order valence-corrected chi connectivity index (χ0v) is 10.9. The van der Waals surface area contributed by atoms with Crippen molar-refractivity contribution < 1.29 is 9.53 Å². The summed E-state index contributed by atoms with van der Waals surface area (Å²) in [5.41, 5.74) is 4.49. The van der Waals surface area contributed by atoms with Crippen LogP contribution in [0, 0.1) is 5.41 Å². The van der Waals surface area contributed by atoms with Crippen LogP contribution in [0.2, 0.25) is 0 Å². The van der Waals surface area contributed by atoms with Crippen molar-refractivity contribution in [2.24, 2.45) is 11.1 Å². The molecule has 1 fully saturated rings. The van der Waals surface area contributed by atoms with Crippen LogP contribution in [0.4, 0.5) is 0 Å². The van der Waals surface area contributed by atoms with Crippen LogP contribution in [0.3, 0.4) is 0 Å². The summed E-state index contributed by atoms with van der Waals surface area (Å²) >= 11 is 4.87. The van der Waals surface area contributed by atoms with E-state index in [2.05, 4.69) is 5.32 Å². The van der Waals surface area contributed by atoms with Crippen LogP contribution in [0.25, 0.3) is 0 Å². The molecule has 1 amide bonds. The fraction of sp³-hybridized carbons (Fsp3) is 0.818. The van der Waals surface area contributed by atoms with Gasteiger partial charge in [-0.05, 0) is 33.6 Å². The number of thiocarbonyl (C=S) groups is 1. The highest BCUT2D eigenvalue weighted by Crippen LogP contribution is 2.24. The summed E-state index contributed by atoms with van der Waals surface area (Å²) in [7, 11) is 0. The summed E-state index contributed by atoms with van der Waals surface area (Å²) < 4.78 is 5.59. The average molecular weight is 244 g/mol. The maximum Gasteiger partial charge on any atom is 0.232 e. The molecule has 0 aromatic heterocycles. The molecule has 0 aliphatic carbocycles. The molecule has 16 heavy (non-hydrogen) atoms. The lowest BCUT2D eigenvalue weighted by Gasteiger charge is -2.27. The van der Waals surface area contributed by atoms with Crippen LogP contribution >= 0.6 is 12.2 Å². The van der Waals surface area contributed by atoms with E-state index in [-0.39, 0.29) is 16.5 Å². The molecule has 1 heterocycles. The Morgan fingerprint density at radius 2 is 2.25 bits per heavy atom. The maximum absolute atomic E-state index is 11.9. The van der Waals surface area contributed by atoms with Crippen LogP contribution in [0.5, 0.6) is 0 Å². The SMILES string of the molecule is CC1(CNC(=O)C(C)(C)C(N)=S)CCCO1. The smallest absolute Gasteiger partial charge is 0.232 e. The molecule has 1 atom stereocenters. The Bertz CT molecular complexity index is 296. The summed E-state index contributed by atoms with van der Waals surface area (Å²) in [6.07, 6.45) is 2.02. The fourth-order valence-corrected chi connectivity index (χ4v) is 1.67. The molecule has 1 unspecified atom stereocenters. The second-order valence-electron chi connectivity index (χ2n) is 5.07. The molecule has 1 rings (SSSR count). The van der Waals surface area contributed by atoms with Gasteiger partial charge < -0.3 is 15.8 Å². The summed E-state index contributed by atoms with van der Waals surface area (Å²) in [5, 5.41) is 2.86. The third kappa shape index (κ3) is 2.92. The molecule has 1 saturated heterocycles. The Labute approximate surface area is 102 Å². The van der Waals surface area contributed by atoms with Crippen LogP contribution in [0.15, 0.2) is 0 Å². The molecule has 0 aromatic carbocycles. The Morgan fingerprint density at radius 3 is 2.69 bits per heavy atom. The predicted molar refractivity (Wildman–Crippen MR) is 67.2 cm³/mol. The quantitative estimate of drug-likeness (QED) is 0.724. The molecule has 0 radical (unpaired) electrons. The molecule has 0 saturated carbocycles. The van der Waals surface area contributed by atoms with Crippen LogP contribution in [0.1, 0.15) is 33.6 Å². The van der Waals surface area contributed by atoms with Gasteiger partial charge in [-0.3, -0.25) is 4.79 Å². The number of nitrogens with one attached hydrogen (secondary N) is 1. The summed E-state index contributed by atoms with van der Waals surface area (Å²) in [4.78, 5) is 12.1. The molecule has 92 valence electrons. The first kappa shape index (κ1) is 13.4. The third-order valence-corrected chi connectivity index (χ3v) is 3.62. The van der Waals surface area contributed by atoms with Gasteiger partial charge in [0.1, 0.15) is 0 Å². The highest BCUT2D eigenvalue weighted by atomic mass is 32.1. The standard InChI is InChI=1S/C11H20N2O2S/c1-10(2,8(12)16)9(14)13-7-11(3)5-4-6-15-11/h4-7H2,1-3H3,(H2,12,16)(H,13,14). The van der Waals surface area contributed by atoms with Crippen molar-refractivity contribution in [3.05, 3.63) is 0 Å². The van der Waals surface area contributed by atoms with Crippen molar-refractivity contribution in [2.45, 2.75) is 39.2 Å². The molecule has 1 aliphatic heterocycles. The Hall–Kier alpha value is -0.680. The van der Waals surface area contributed by atoms with Gasteiger partial charge in [-0.25, -0.2) is 0 Å². The van der Waals surface area contributed by atoms with E-state index in [1.807, 2.05) is 6.92 Å². The molecule has 4 nitrogen and oxygen atoms in total. The van der Waals surface area contributed by atoms with E-state index in [1.54, 1.807) is 13.8 Å². The lowest BCUT2D eigenvalue weighted by atomic mass is 9.92. The third-order valence-electron chi connectivity index (χ3n) is 3.11. The number of carbonyl (C=O) groups is 1. The molecule has 0 aromatic rings. The average Bonchev–Trinajstić information content (AvgIpc) is 2.62. The van der Waals surface area contributed by atoms with Crippen molar-refractivity contribution in [1.82, 2.24) is 5.32 Å². The molecular formula is C11H20N2O2S. The number of hydrogen-bond acceptors (Lipinski definition) is 3. The first-order valence-electron chi connectivity index (χ1n) is 5.50. The van der Waals surface area contributed by atoms with Crippen LogP contribution in [-0.2, 0) is 9.53 Å². The zero-order valence-electron chi connectivity index (χ0n) is 10.1. The van der Waals surface area contributed by atoms with E-state index in [0.29, 0.717) is 6.54 Å². The van der Waals surface area contributed by atoms with E-state index in [4.69, 9.17) is 22.7 Å². The molecule has 0 bridgehead atoms. The highest BCUT2D eigenvalue weighted by molar-refractivity contribution is 7.80. The lowest BCUT2D eigenvalue weighted by molar-refractivity contribution is -0.127. The van der Waals surface area contributed by atoms with Crippen LogP contribution in [-0.4, -0.2) is 29.6 Å². The molecule has 0 spiro atoms. The highest BCUT2D eigenvalue weighted by Gasteiger charge is 2.34. The van der Waals surface area contributed by atoms with E-state index >= 15 is 0 Å². The van der Waals surface area contributed by atoms with Crippen LogP contribution < -0.4 is 11.1 Å². The van der Waals surface area contributed by atoms with E-state index in [1.165, 1.54) is 0 Å². The normalized spacial score (nSPS) is 25.4. The largest absolute Gasteiger partial charge is 0.392 e. The van der Waals surface area contributed by atoms with Crippen molar-refractivity contribution in [2.75, 3.05) is 13.2 Å². The second kappa shape index (κ2) is 4.67. The minimum atomic E-state index is -0.801. The van der Waals surface area contributed by atoms with Crippen molar-refractivity contribution in [1.29, 1.82) is 0 Å². The number of amides is 1. The van der Waals surface area contributed by atoms with Crippen molar-refractivity contribution in [3.8, 4) is 0 Å². The van der Waals surface area contributed by atoms with E-state index in [9.17, 15) is 4.79 Å². The molecule has 5 heteroatoms. The predicted octanol–water partition coefficient (Wildman–Crippen LogP) is 0.984. The number of carbonyl (C=O) groups excluding carboxylic acids is 1. The van der Waals surface area contributed by atoms with Gasteiger partial charge in [0.25, 0.3) is 0 Å². The van der Waals surface area contributed by atoms with E-state index in [0.717, 1.165) is 19.4 Å². The second-order valence-corrected chi connectivity index (χ2v) is 5.51. The Morgan fingerprint density at radius 1 is 1.62 bits per heavy atom. The molecule has 3 N–H and O–H groups in total. The van der Waals surface area contributed by atoms with Gasteiger partial charge in [-0.15, -0.1) is 0 Å². The van der Waals surface area contributed by atoms with Gasteiger partial charge in [-0.1, -0.05) is 12.2 Å². The topological polar surface area (TPSA) is 64.4 Å². The van der Waals surface area contributed by atoms with Gasteiger partial charge in [0.15, 0.2) is 0 Å². The van der Waals surface area contributed by atoms with Gasteiger partial charge in [-0.2, -0.15) is 0 Å². The van der Waals surface area contributed by atoms with Crippen molar-refractivity contribution >= 4 is 23.1 Å². The molecule has 1 aliphatic rings. The van der Waals surface area contributed by atoms with E-state index < -0.39 is 5.41 Å². The summed E-state index contributed by atoms with van der Waals surface area (Å²) in [6.45, 7) is 6.74. The lowest BCUT2D eigenvalue weighted by Crippen LogP contribution is -2.49. The Balaban J connectivity index is 2.49. The van der Waals surface area contributed by atoms with Crippen molar-refractivity contribution in [3.63, 3.8) is 0 Å². The fourth-order valence-electron chi connectivity index (χ4n) is 1.58. The summed E-state index contributed by atoms with van der Waals surface area (Å²) in [6, 6.07) is 0. The maximum atomic E-state index is 11.9. The molecular weight excluding hydrogens is 224 g/mol. The zero-order chi connectivity index (χ0) is 12.4. The number of nitrogens with two attached hydrogens (primary N) is 1. The minimum Gasteiger partial charge on any atom is -0.392 e. The number of rotatable bonds is 4. The number of hydrogen-bond donors (Lipinski definition) is 2. The minimum absolute atomic E-state index is 0.142. The van der Waals surface area contributed by atoms with Gasteiger partial charge in [0, 0.05) is 13.2 Å². The first-order chi connectivity index (χ1) is 7.28. The Kier molecular flexibility index (Phi) is 3.91.